The molecule has 0 aromatic heterocycles. The van der Waals surface area contributed by atoms with E-state index in [-0.39, 0.29) is 56.5 Å². The molecule has 0 aliphatic carbocycles. The van der Waals surface area contributed by atoms with Crippen LogP contribution in [0.3, 0.4) is 0 Å². The van der Waals surface area contributed by atoms with Crippen LogP contribution < -0.4 is 32.3 Å². The molecule has 7 N–H and O–H groups in total. The van der Waals surface area contributed by atoms with E-state index in [0.29, 0.717) is 12.1 Å². The topological polar surface area (TPSA) is 198 Å². The number of hydrogen-bond acceptors (Lipinski definition) is 8. The number of ketones is 1. The molecule has 0 radical (unpaired) electrons. The number of nitrogens with two attached hydrogens (primary N) is 1. The number of benzene rings is 1. The molecule has 0 aliphatic heterocycles. The van der Waals surface area contributed by atoms with E-state index in [9.17, 15) is 28.8 Å². The number of amides is 5. The molecule has 0 fully saturated rings. The molecule has 5 amide bonds. The number of esters is 1. The molecule has 0 spiro atoms. The highest BCUT2D eigenvalue weighted by atomic mass is 16.5. The number of carbonyl (C=O) groups excluding carboxylic acids is 6. The molecule has 228 valence electrons. The zero-order chi connectivity index (χ0) is 30.9. The average Bonchev–Trinajstić information content (AvgIpc) is 2.92. The van der Waals surface area contributed by atoms with Gasteiger partial charge in [-0.05, 0) is 56.8 Å². The van der Waals surface area contributed by atoms with Crippen LogP contribution in [-0.4, -0.2) is 67.2 Å². The maximum atomic E-state index is 13.3. The fourth-order valence-electron chi connectivity index (χ4n) is 3.77. The van der Waals surface area contributed by atoms with E-state index in [1.807, 2.05) is 0 Å². The molecule has 13 heteroatoms. The smallest absolute Gasteiger partial charge is 0.312 e. The predicted molar refractivity (Wildman–Crippen MR) is 153 cm³/mol. The third kappa shape index (κ3) is 13.8. The summed E-state index contributed by atoms with van der Waals surface area (Å²) in [6, 6.07) is 3.41. The van der Waals surface area contributed by atoms with E-state index in [0.717, 1.165) is 5.56 Å². The van der Waals surface area contributed by atoms with Gasteiger partial charge in [0.2, 0.25) is 17.7 Å². The van der Waals surface area contributed by atoms with Gasteiger partial charge in [-0.25, -0.2) is 4.79 Å². The largest absolute Gasteiger partial charge is 0.461 e. The van der Waals surface area contributed by atoms with Crippen LogP contribution in [0.1, 0.15) is 65.4 Å². The van der Waals surface area contributed by atoms with Crippen molar-refractivity contribution in [2.45, 2.75) is 84.5 Å². The lowest BCUT2D eigenvalue weighted by molar-refractivity contribution is -0.144. The molecule has 41 heavy (non-hydrogen) atoms. The van der Waals surface area contributed by atoms with Crippen LogP contribution in [0.25, 0.3) is 0 Å². The van der Waals surface area contributed by atoms with E-state index in [1.165, 1.54) is 6.92 Å². The summed E-state index contributed by atoms with van der Waals surface area (Å²) in [5.41, 5.74) is 6.32. The van der Waals surface area contributed by atoms with Crippen molar-refractivity contribution in [3.8, 4) is 0 Å². The molecule has 1 rings (SSSR count). The maximum Gasteiger partial charge on any atom is 0.312 e. The van der Waals surface area contributed by atoms with Crippen LogP contribution >= 0.6 is 0 Å². The second-order valence-electron chi connectivity index (χ2n) is 10.0. The molecule has 0 unspecified atom stereocenters. The fraction of sp³-hybridized carbons (Fsp3) is 0.571. The van der Waals surface area contributed by atoms with E-state index < -0.39 is 41.9 Å². The third-order valence-corrected chi connectivity index (χ3v) is 6.21. The Kier molecular flexibility index (Phi) is 15.7. The summed E-state index contributed by atoms with van der Waals surface area (Å²) in [6.45, 7) is 6.98. The van der Waals surface area contributed by atoms with Crippen molar-refractivity contribution < 1.29 is 33.5 Å². The molecular weight excluding hydrogens is 532 g/mol. The monoisotopic (exact) mass is 576 g/mol. The van der Waals surface area contributed by atoms with Crippen molar-refractivity contribution in [3.05, 3.63) is 29.8 Å². The minimum atomic E-state index is -0.988. The van der Waals surface area contributed by atoms with E-state index in [4.69, 9.17) is 10.5 Å². The molecule has 1 aromatic rings. The van der Waals surface area contributed by atoms with Gasteiger partial charge < -0.3 is 41.8 Å². The summed E-state index contributed by atoms with van der Waals surface area (Å²) in [4.78, 5) is 73.1. The van der Waals surface area contributed by atoms with Crippen LogP contribution in [0.4, 0.5) is 10.5 Å². The Bertz CT molecular complexity index is 1040. The summed E-state index contributed by atoms with van der Waals surface area (Å²) in [7, 11) is 1.60. The minimum absolute atomic E-state index is 0.0505. The Morgan fingerprint density at radius 2 is 1.56 bits per heavy atom. The molecule has 0 aliphatic rings. The number of carbonyl (C=O) groups is 6. The fourth-order valence-corrected chi connectivity index (χ4v) is 3.77. The number of Topliss-reactive ketones (excluding diaryl/α,β-unsaturated/α-hetero) is 1. The van der Waals surface area contributed by atoms with Gasteiger partial charge in [-0.1, -0.05) is 32.9 Å². The van der Waals surface area contributed by atoms with Gasteiger partial charge >= 0.3 is 12.0 Å². The molecule has 1 aromatic carbocycles. The Balaban J connectivity index is 2.97. The number of rotatable bonds is 18. The van der Waals surface area contributed by atoms with Gasteiger partial charge in [-0.15, -0.1) is 0 Å². The number of urea groups is 1. The quantitative estimate of drug-likeness (QED) is 0.110. The zero-order valence-corrected chi connectivity index (χ0v) is 24.5. The average molecular weight is 577 g/mol. The lowest BCUT2D eigenvalue weighted by Crippen LogP contribution is -2.57. The zero-order valence-electron chi connectivity index (χ0n) is 24.5. The van der Waals surface area contributed by atoms with Crippen LogP contribution in [0, 0.1) is 5.92 Å². The van der Waals surface area contributed by atoms with Gasteiger partial charge in [-0.2, -0.15) is 0 Å². The van der Waals surface area contributed by atoms with Crippen LogP contribution in [0.2, 0.25) is 0 Å². The van der Waals surface area contributed by atoms with Crippen molar-refractivity contribution in [1.82, 2.24) is 21.3 Å². The minimum Gasteiger partial charge on any atom is -0.461 e. The first kappa shape index (κ1) is 35.0. The van der Waals surface area contributed by atoms with Crippen LogP contribution in [0.15, 0.2) is 24.3 Å². The highest BCUT2D eigenvalue weighted by Crippen LogP contribution is 2.13. The summed E-state index contributed by atoms with van der Waals surface area (Å²) in [6.07, 6.45) is 1.28. The molecule has 3 atom stereocenters. The predicted octanol–water partition coefficient (Wildman–Crippen LogP) is 1.11. The molecule has 0 saturated carbocycles. The highest BCUT2D eigenvalue weighted by molar-refractivity contribution is 5.98. The summed E-state index contributed by atoms with van der Waals surface area (Å²) < 4.78 is 5.11. The first-order chi connectivity index (χ1) is 19.4. The normalized spacial score (nSPS) is 12.9. The van der Waals surface area contributed by atoms with Crippen LogP contribution in [0.5, 0.6) is 0 Å². The third-order valence-electron chi connectivity index (χ3n) is 6.21. The van der Waals surface area contributed by atoms with Gasteiger partial charge in [0.05, 0.1) is 6.04 Å². The number of likely N-dealkylation sites (N-methyl/N-ethyl adjacent to an activating group) is 1. The highest BCUT2D eigenvalue weighted by Gasteiger charge is 2.30. The Hall–Kier alpha value is -4.00. The second-order valence-corrected chi connectivity index (χ2v) is 10.0. The number of hydrogen-bond donors (Lipinski definition) is 6. The Morgan fingerprint density at radius 1 is 0.902 bits per heavy atom. The molecule has 13 nitrogen and oxygen atoms in total. The van der Waals surface area contributed by atoms with Crippen LogP contribution in [-0.2, 0) is 35.3 Å². The standard InChI is InChI=1S/C28H44N6O7/c1-6-23(36)41-16-19-10-12-20(13-11-19)32-26(38)22(8-7-15-31-28(29)40)33-27(39)24(17(2)3)34-25(37)21(30-5)14-9-18(4)35/h10-13,17,21-22,24,30H,6-9,14-16H2,1-5H3,(H,32,38)(H,33,39)(H,34,37)(H3,29,31,40)/t21-,22+,24+/m1/s1. The van der Waals surface area contributed by atoms with E-state index in [2.05, 4.69) is 26.6 Å². The molecule has 0 bridgehead atoms. The van der Waals surface area contributed by atoms with Crippen molar-refractivity contribution in [1.29, 1.82) is 0 Å². The van der Waals surface area contributed by atoms with Gasteiger partial charge in [0, 0.05) is 25.1 Å². The SMILES string of the molecule is CCC(=O)OCc1ccc(NC(=O)[C@H](CCCNC(N)=O)NC(=O)[C@@H](NC(=O)[C@@H](CCC(C)=O)NC)C(C)C)cc1. The number of primary amides is 1. The first-order valence-electron chi connectivity index (χ1n) is 13.7. The van der Waals surface area contributed by atoms with Crippen molar-refractivity contribution in [3.63, 3.8) is 0 Å². The van der Waals surface area contributed by atoms with Gasteiger partial charge in [0.15, 0.2) is 0 Å². The number of anilines is 1. The summed E-state index contributed by atoms with van der Waals surface area (Å²) >= 11 is 0. The van der Waals surface area contributed by atoms with Gasteiger partial charge in [0.1, 0.15) is 24.5 Å². The maximum absolute atomic E-state index is 13.3. The Morgan fingerprint density at radius 3 is 2.10 bits per heavy atom. The molecule has 0 heterocycles. The van der Waals surface area contributed by atoms with E-state index in [1.54, 1.807) is 52.1 Å². The summed E-state index contributed by atoms with van der Waals surface area (Å²) in [5.74, 6) is -2.15. The second kappa shape index (κ2) is 18.4. The van der Waals surface area contributed by atoms with E-state index >= 15 is 0 Å². The molecular formula is C28H44N6O7. The lowest BCUT2D eigenvalue weighted by atomic mass is 10.0. The Labute approximate surface area is 241 Å². The lowest BCUT2D eigenvalue weighted by Gasteiger charge is -2.27. The summed E-state index contributed by atoms with van der Waals surface area (Å²) in [5, 5.41) is 13.5. The number of nitrogens with one attached hydrogen (secondary N) is 5. The number of ether oxygens (including phenoxy) is 1. The van der Waals surface area contributed by atoms with Crippen molar-refractivity contribution in [2.75, 3.05) is 18.9 Å². The molecule has 0 saturated heterocycles. The van der Waals surface area contributed by atoms with Crippen molar-refractivity contribution >= 4 is 41.2 Å². The van der Waals surface area contributed by atoms with Gasteiger partial charge in [0.25, 0.3) is 0 Å². The van der Waals surface area contributed by atoms with Crippen molar-refractivity contribution in [2.24, 2.45) is 11.7 Å². The van der Waals surface area contributed by atoms with Gasteiger partial charge in [-0.3, -0.25) is 19.2 Å². The first-order valence-corrected chi connectivity index (χ1v) is 13.7.